The molecule has 5 rings (SSSR count). The highest BCUT2D eigenvalue weighted by atomic mass is 16.5. The van der Waals surface area contributed by atoms with E-state index in [0.29, 0.717) is 30.9 Å². The second-order valence-corrected chi connectivity index (χ2v) is 9.20. The van der Waals surface area contributed by atoms with Crippen molar-refractivity contribution in [3.8, 4) is 11.5 Å². The van der Waals surface area contributed by atoms with Crippen LogP contribution in [-0.2, 0) is 27.2 Å². The second-order valence-electron chi connectivity index (χ2n) is 9.20. The Balaban J connectivity index is 1.41. The molecule has 192 valence electrons. The first-order chi connectivity index (χ1) is 18.4. The van der Waals surface area contributed by atoms with Gasteiger partial charge in [0.1, 0.15) is 23.4 Å². The van der Waals surface area contributed by atoms with Crippen molar-refractivity contribution in [3.05, 3.63) is 107 Å². The van der Waals surface area contributed by atoms with Crippen molar-refractivity contribution in [1.29, 1.82) is 0 Å². The van der Waals surface area contributed by atoms with Crippen molar-refractivity contribution in [3.63, 3.8) is 0 Å². The van der Waals surface area contributed by atoms with Crippen LogP contribution in [0.5, 0.6) is 11.5 Å². The van der Waals surface area contributed by atoms with Gasteiger partial charge in [0.2, 0.25) is 0 Å². The second kappa shape index (κ2) is 10.7. The van der Waals surface area contributed by atoms with E-state index in [4.69, 9.17) is 14.5 Å². The number of ether oxygens (including phenoxy) is 2. The Hall–Kier alpha value is -4.72. The van der Waals surface area contributed by atoms with Crippen LogP contribution in [0.15, 0.2) is 95.4 Å². The quantitative estimate of drug-likeness (QED) is 0.385. The Morgan fingerprint density at radius 3 is 2.08 bits per heavy atom. The summed E-state index contributed by atoms with van der Waals surface area (Å²) in [6, 6.07) is 23.9. The first-order valence-electron chi connectivity index (χ1n) is 12.3. The zero-order valence-electron chi connectivity index (χ0n) is 21.1. The molecule has 1 atom stereocenters. The van der Waals surface area contributed by atoms with Crippen molar-refractivity contribution in [2.75, 3.05) is 6.54 Å². The van der Waals surface area contributed by atoms with Crippen LogP contribution >= 0.6 is 0 Å². The Labute approximate surface area is 220 Å². The number of aliphatic imine (C=N–C) groups is 1. The minimum Gasteiger partial charge on any atom is -0.427 e. The van der Waals surface area contributed by atoms with Gasteiger partial charge in [0, 0.05) is 26.7 Å². The lowest BCUT2D eigenvalue weighted by atomic mass is 10.0. The van der Waals surface area contributed by atoms with Crippen LogP contribution in [0.25, 0.3) is 0 Å². The highest BCUT2D eigenvalue weighted by Gasteiger charge is 2.39. The Kier molecular flexibility index (Phi) is 7.04. The van der Waals surface area contributed by atoms with Crippen LogP contribution in [0.2, 0.25) is 0 Å². The van der Waals surface area contributed by atoms with Gasteiger partial charge in [0.25, 0.3) is 5.91 Å². The lowest BCUT2D eigenvalue weighted by Crippen LogP contribution is -2.36. The predicted molar refractivity (Wildman–Crippen MR) is 142 cm³/mol. The molecule has 0 saturated carbocycles. The number of allylic oxidation sites excluding steroid dienone is 1. The molecule has 0 radical (unpaired) electrons. The molecular formula is C30H27N3O5. The number of carbonyl (C=O) groups is 3. The summed E-state index contributed by atoms with van der Waals surface area (Å²) in [5, 5.41) is 3.42. The van der Waals surface area contributed by atoms with Gasteiger partial charge in [-0.3, -0.25) is 24.3 Å². The largest absolute Gasteiger partial charge is 0.427 e. The minimum atomic E-state index is -0.448. The normalized spacial score (nSPS) is 16.5. The van der Waals surface area contributed by atoms with Crippen LogP contribution in [0.1, 0.15) is 30.5 Å². The van der Waals surface area contributed by atoms with E-state index in [0.717, 1.165) is 33.9 Å². The summed E-state index contributed by atoms with van der Waals surface area (Å²) in [7, 11) is 0. The molecule has 8 nitrogen and oxygen atoms in total. The van der Waals surface area contributed by atoms with Gasteiger partial charge in [-0.05, 0) is 53.1 Å². The number of rotatable bonds is 7. The number of hydrogen-bond donors (Lipinski definition) is 1. The lowest BCUT2D eigenvalue weighted by molar-refractivity contribution is -0.132. The number of nitrogens with one attached hydrogen (secondary N) is 1. The highest BCUT2D eigenvalue weighted by molar-refractivity contribution is 6.06. The fourth-order valence-corrected chi connectivity index (χ4v) is 4.58. The van der Waals surface area contributed by atoms with Gasteiger partial charge >= 0.3 is 11.9 Å². The molecule has 1 N–H and O–H groups in total. The fraction of sp³-hybridized carbons (Fsp3) is 0.200. The van der Waals surface area contributed by atoms with E-state index in [-0.39, 0.29) is 17.8 Å². The van der Waals surface area contributed by atoms with Gasteiger partial charge in [-0.2, -0.15) is 0 Å². The van der Waals surface area contributed by atoms with E-state index in [1.54, 1.807) is 29.2 Å². The summed E-state index contributed by atoms with van der Waals surface area (Å²) in [6.07, 6.45) is 1.04. The van der Waals surface area contributed by atoms with Crippen LogP contribution in [-0.4, -0.2) is 41.0 Å². The summed E-state index contributed by atoms with van der Waals surface area (Å²) >= 11 is 0. The predicted octanol–water partition coefficient (Wildman–Crippen LogP) is 3.79. The molecule has 1 saturated heterocycles. The van der Waals surface area contributed by atoms with Gasteiger partial charge in [0.15, 0.2) is 0 Å². The van der Waals surface area contributed by atoms with E-state index >= 15 is 0 Å². The molecule has 0 bridgehead atoms. The summed E-state index contributed by atoms with van der Waals surface area (Å²) in [5.41, 5.74) is 4.42. The van der Waals surface area contributed by atoms with E-state index in [9.17, 15) is 14.4 Å². The fourth-order valence-electron chi connectivity index (χ4n) is 4.58. The van der Waals surface area contributed by atoms with Gasteiger partial charge in [-0.15, -0.1) is 0 Å². The minimum absolute atomic E-state index is 0.0291. The number of fused-ring (bicyclic) bond motifs is 1. The molecule has 0 aromatic heterocycles. The monoisotopic (exact) mass is 509 g/mol. The number of benzene rings is 3. The SMILES string of the molecule is CC(=O)Oc1ccc(CC2NC3=C(Cc4ccccc4)N=C(c4ccc(OC(C)=O)cc4)CN3C2=O)cc1. The summed E-state index contributed by atoms with van der Waals surface area (Å²) < 4.78 is 10.3. The molecule has 0 aliphatic carbocycles. The number of hydrogen-bond acceptors (Lipinski definition) is 7. The third kappa shape index (κ3) is 5.64. The van der Waals surface area contributed by atoms with Crippen LogP contribution in [0, 0.1) is 0 Å². The van der Waals surface area contributed by atoms with E-state index in [1.165, 1.54) is 13.8 Å². The zero-order valence-corrected chi connectivity index (χ0v) is 21.1. The Bertz CT molecular complexity index is 1430. The van der Waals surface area contributed by atoms with E-state index in [2.05, 4.69) is 5.32 Å². The van der Waals surface area contributed by atoms with Gasteiger partial charge in [-0.1, -0.05) is 42.5 Å². The number of nitrogens with zero attached hydrogens (tertiary/aromatic N) is 2. The molecule has 1 fully saturated rings. The highest BCUT2D eigenvalue weighted by Crippen LogP contribution is 2.29. The lowest BCUT2D eigenvalue weighted by Gasteiger charge is -2.25. The standard InChI is InChI=1S/C30H27N3O5/c1-19(34)37-24-12-8-22(9-13-24)17-27-30(36)33-18-28(23-10-14-25(15-11-23)38-20(2)35)31-26(29(33)32-27)16-21-6-4-3-5-7-21/h3-15,27,32H,16-18H2,1-2H3. The smallest absolute Gasteiger partial charge is 0.308 e. The van der Waals surface area contributed by atoms with Crippen LogP contribution in [0.4, 0.5) is 0 Å². The molecule has 2 heterocycles. The molecule has 1 amide bonds. The molecule has 0 spiro atoms. The van der Waals surface area contributed by atoms with Crippen molar-refractivity contribution >= 4 is 23.6 Å². The summed E-state index contributed by atoms with van der Waals surface area (Å²) in [4.78, 5) is 42.8. The Morgan fingerprint density at radius 2 is 1.47 bits per heavy atom. The van der Waals surface area contributed by atoms with Crippen molar-refractivity contribution in [2.24, 2.45) is 4.99 Å². The first kappa shape index (κ1) is 25.0. The maximum Gasteiger partial charge on any atom is 0.308 e. The van der Waals surface area contributed by atoms with Gasteiger partial charge < -0.3 is 14.8 Å². The maximum absolute atomic E-state index is 13.6. The summed E-state index contributed by atoms with van der Waals surface area (Å²) in [6.45, 7) is 3.04. The van der Waals surface area contributed by atoms with Gasteiger partial charge in [0.05, 0.1) is 18.0 Å². The Morgan fingerprint density at radius 1 is 0.868 bits per heavy atom. The average molecular weight is 510 g/mol. The molecule has 3 aromatic rings. The summed E-state index contributed by atoms with van der Waals surface area (Å²) in [5.74, 6) is 0.856. The molecule has 2 aliphatic heterocycles. The molecule has 2 aliphatic rings. The molecule has 3 aromatic carbocycles. The van der Waals surface area contributed by atoms with Crippen LogP contribution < -0.4 is 14.8 Å². The first-order valence-corrected chi connectivity index (χ1v) is 12.3. The van der Waals surface area contributed by atoms with Crippen LogP contribution in [0.3, 0.4) is 0 Å². The zero-order chi connectivity index (χ0) is 26.6. The average Bonchev–Trinajstić information content (AvgIpc) is 3.21. The van der Waals surface area contributed by atoms with E-state index in [1.807, 2.05) is 54.6 Å². The molecule has 8 heteroatoms. The van der Waals surface area contributed by atoms with Gasteiger partial charge in [-0.25, -0.2) is 0 Å². The molecular weight excluding hydrogens is 482 g/mol. The van der Waals surface area contributed by atoms with Crippen molar-refractivity contribution in [2.45, 2.75) is 32.7 Å². The third-order valence-corrected chi connectivity index (χ3v) is 6.28. The number of carbonyl (C=O) groups excluding carboxylic acids is 3. The number of esters is 2. The third-order valence-electron chi connectivity index (χ3n) is 6.28. The van der Waals surface area contributed by atoms with Crippen molar-refractivity contribution in [1.82, 2.24) is 10.2 Å². The topological polar surface area (TPSA) is 97.3 Å². The molecule has 1 unspecified atom stereocenters. The maximum atomic E-state index is 13.6. The van der Waals surface area contributed by atoms with E-state index < -0.39 is 6.04 Å². The van der Waals surface area contributed by atoms with Crippen molar-refractivity contribution < 1.29 is 23.9 Å². The molecule has 38 heavy (non-hydrogen) atoms. The number of amides is 1.